The van der Waals surface area contributed by atoms with Gasteiger partial charge in [0.1, 0.15) is 13.2 Å². The molecule has 6 heteroatoms. The summed E-state index contributed by atoms with van der Waals surface area (Å²) >= 11 is 0. The lowest BCUT2D eigenvalue weighted by molar-refractivity contribution is -0.167. The van der Waals surface area contributed by atoms with Crippen LogP contribution in [0.15, 0.2) is 97.2 Å². The van der Waals surface area contributed by atoms with Gasteiger partial charge in [-0.15, -0.1) is 0 Å². The summed E-state index contributed by atoms with van der Waals surface area (Å²) in [5, 5.41) is 0. The summed E-state index contributed by atoms with van der Waals surface area (Å²) in [4.78, 5) is 37.8. The first kappa shape index (κ1) is 55.3. The molecule has 0 aliphatic heterocycles. The summed E-state index contributed by atoms with van der Waals surface area (Å²) in [6.45, 7) is 6.35. The van der Waals surface area contributed by atoms with E-state index in [1.807, 2.05) is 0 Å². The maximum absolute atomic E-state index is 12.7. The normalized spacial score (nSPS) is 12.9. The highest BCUT2D eigenvalue weighted by atomic mass is 16.6. The van der Waals surface area contributed by atoms with Crippen molar-refractivity contribution >= 4 is 17.9 Å². The number of ether oxygens (including phenoxy) is 3. The van der Waals surface area contributed by atoms with E-state index in [0.717, 1.165) is 103 Å². The van der Waals surface area contributed by atoms with Crippen LogP contribution in [0.2, 0.25) is 0 Å². The average Bonchev–Trinajstić information content (AvgIpc) is 3.23. The molecule has 0 saturated carbocycles. The third-order valence-electron chi connectivity index (χ3n) is 9.57. The SMILES string of the molecule is CC/C=C\C/C=C\C/C=C\C/C=C\C/C=C\CCCC(=O)OCC(COC(=O)CCCCC/C=C\C=C/CCCC)OC(=O)CCCCC/C=C\CCCCCCCC. The molecule has 0 aliphatic carbocycles. The van der Waals surface area contributed by atoms with E-state index >= 15 is 0 Å². The lowest BCUT2D eigenvalue weighted by atomic mass is 10.1. The maximum atomic E-state index is 12.7. The van der Waals surface area contributed by atoms with E-state index in [9.17, 15) is 14.4 Å². The number of carbonyl (C=O) groups is 3. The van der Waals surface area contributed by atoms with Crippen LogP contribution in [0.3, 0.4) is 0 Å². The molecule has 0 fully saturated rings. The Kier molecular flexibility index (Phi) is 44.1. The van der Waals surface area contributed by atoms with Gasteiger partial charge in [-0.05, 0) is 103 Å². The molecule has 0 aromatic rings. The van der Waals surface area contributed by atoms with Crippen molar-refractivity contribution in [2.45, 2.75) is 207 Å². The van der Waals surface area contributed by atoms with Crippen LogP contribution in [-0.4, -0.2) is 37.2 Å². The van der Waals surface area contributed by atoms with Crippen molar-refractivity contribution in [3.05, 3.63) is 97.2 Å². The molecule has 0 radical (unpaired) electrons. The smallest absolute Gasteiger partial charge is 0.306 e. The van der Waals surface area contributed by atoms with Gasteiger partial charge >= 0.3 is 17.9 Å². The zero-order valence-electron chi connectivity index (χ0n) is 38.0. The van der Waals surface area contributed by atoms with Crippen LogP contribution < -0.4 is 0 Å². The van der Waals surface area contributed by atoms with Crippen molar-refractivity contribution in [2.24, 2.45) is 0 Å². The Morgan fingerprint density at radius 3 is 1.27 bits per heavy atom. The Balaban J connectivity index is 4.54. The fourth-order valence-corrected chi connectivity index (χ4v) is 5.98. The van der Waals surface area contributed by atoms with Gasteiger partial charge in [0, 0.05) is 19.3 Å². The van der Waals surface area contributed by atoms with E-state index < -0.39 is 6.10 Å². The Morgan fingerprint density at radius 2 is 0.746 bits per heavy atom. The van der Waals surface area contributed by atoms with Crippen LogP contribution in [0.25, 0.3) is 0 Å². The quantitative estimate of drug-likeness (QED) is 0.0201. The lowest BCUT2D eigenvalue weighted by Crippen LogP contribution is -2.30. The summed E-state index contributed by atoms with van der Waals surface area (Å²) in [6.07, 6.45) is 61.1. The third-order valence-corrected chi connectivity index (χ3v) is 9.57. The minimum Gasteiger partial charge on any atom is -0.462 e. The molecule has 0 N–H and O–H groups in total. The van der Waals surface area contributed by atoms with Crippen molar-refractivity contribution in [3.8, 4) is 0 Å². The van der Waals surface area contributed by atoms with Gasteiger partial charge < -0.3 is 14.2 Å². The Morgan fingerprint density at radius 1 is 0.373 bits per heavy atom. The van der Waals surface area contributed by atoms with Gasteiger partial charge in [0.05, 0.1) is 0 Å². The Hall–Kier alpha value is -3.67. The molecule has 334 valence electrons. The molecule has 0 aromatic carbocycles. The highest BCUT2D eigenvalue weighted by molar-refractivity contribution is 5.71. The van der Waals surface area contributed by atoms with E-state index in [1.165, 1.54) is 51.4 Å². The third kappa shape index (κ3) is 45.3. The number of hydrogen-bond acceptors (Lipinski definition) is 6. The molecule has 0 amide bonds. The fourth-order valence-electron chi connectivity index (χ4n) is 5.98. The van der Waals surface area contributed by atoms with Crippen molar-refractivity contribution < 1.29 is 28.6 Å². The van der Waals surface area contributed by atoms with Gasteiger partial charge in [0.25, 0.3) is 0 Å². The Bertz CT molecular complexity index is 1220. The lowest BCUT2D eigenvalue weighted by Gasteiger charge is -2.18. The number of unbranched alkanes of at least 4 members (excludes halogenated alkanes) is 15. The van der Waals surface area contributed by atoms with Gasteiger partial charge in [0.2, 0.25) is 0 Å². The van der Waals surface area contributed by atoms with E-state index in [0.29, 0.717) is 12.8 Å². The number of carbonyl (C=O) groups excluding carboxylic acids is 3. The first-order chi connectivity index (χ1) is 29.0. The predicted molar refractivity (Wildman–Crippen MR) is 251 cm³/mol. The van der Waals surface area contributed by atoms with Gasteiger partial charge in [-0.3, -0.25) is 14.4 Å². The zero-order valence-corrected chi connectivity index (χ0v) is 38.0. The molecule has 0 heterocycles. The average molecular weight is 819 g/mol. The van der Waals surface area contributed by atoms with E-state index in [4.69, 9.17) is 14.2 Å². The highest BCUT2D eigenvalue weighted by Gasteiger charge is 2.19. The number of esters is 3. The van der Waals surface area contributed by atoms with Crippen LogP contribution in [0.5, 0.6) is 0 Å². The first-order valence-corrected chi connectivity index (χ1v) is 23.8. The van der Waals surface area contributed by atoms with Crippen molar-refractivity contribution in [2.75, 3.05) is 13.2 Å². The highest BCUT2D eigenvalue weighted by Crippen LogP contribution is 2.11. The monoisotopic (exact) mass is 819 g/mol. The van der Waals surface area contributed by atoms with Crippen LogP contribution >= 0.6 is 0 Å². The minimum atomic E-state index is -0.818. The van der Waals surface area contributed by atoms with Crippen LogP contribution in [-0.2, 0) is 28.6 Å². The number of allylic oxidation sites excluding steroid dienone is 16. The summed E-state index contributed by atoms with van der Waals surface area (Å²) in [7, 11) is 0. The van der Waals surface area contributed by atoms with Crippen LogP contribution in [0.4, 0.5) is 0 Å². The minimum absolute atomic E-state index is 0.117. The molecular formula is C53H86O6. The van der Waals surface area contributed by atoms with E-state index in [1.54, 1.807) is 0 Å². The first-order valence-electron chi connectivity index (χ1n) is 23.8. The van der Waals surface area contributed by atoms with Crippen LogP contribution in [0, 0.1) is 0 Å². The zero-order chi connectivity index (χ0) is 43.0. The molecule has 59 heavy (non-hydrogen) atoms. The van der Waals surface area contributed by atoms with Gasteiger partial charge in [-0.1, -0.05) is 176 Å². The van der Waals surface area contributed by atoms with Gasteiger partial charge in [0.15, 0.2) is 6.10 Å². The molecular weight excluding hydrogens is 733 g/mol. The van der Waals surface area contributed by atoms with Crippen LogP contribution in [0.1, 0.15) is 201 Å². The van der Waals surface area contributed by atoms with Gasteiger partial charge in [-0.2, -0.15) is 0 Å². The molecule has 1 unspecified atom stereocenters. The second-order valence-electron chi connectivity index (χ2n) is 15.3. The van der Waals surface area contributed by atoms with Gasteiger partial charge in [-0.25, -0.2) is 0 Å². The molecule has 1 atom stereocenters. The summed E-state index contributed by atoms with van der Waals surface area (Å²) in [6, 6.07) is 0. The maximum Gasteiger partial charge on any atom is 0.306 e. The summed E-state index contributed by atoms with van der Waals surface area (Å²) < 4.78 is 16.6. The molecule has 0 aliphatic rings. The second kappa shape index (κ2) is 47.0. The molecule has 0 spiro atoms. The Labute approximate surface area is 362 Å². The number of hydrogen-bond donors (Lipinski definition) is 0. The van der Waals surface area contributed by atoms with Crippen molar-refractivity contribution in [3.63, 3.8) is 0 Å². The van der Waals surface area contributed by atoms with E-state index in [-0.39, 0.29) is 44.0 Å². The molecule has 0 rings (SSSR count). The predicted octanol–water partition coefficient (Wildman–Crippen LogP) is 15.4. The van der Waals surface area contributed by atoms with Crippen molar-refractivity contribution in [1.29, 1.82) is 0 Å². The fraction of sp³-hybridized carbons (Fsp3) is 0.642. The summed E-state index contributed by atoms with van der Waals surface area (Å²) in [5.74, 6) is -1.03. The molecule has 0 bridgehead atoms. The largest absolute Gasteiger partial charge is 0.462 e. The molecule has 0 aromatic heterocycles. The number of rotatable bonds is 41. The second-order valence-corrected chi connectivity index (χ2v) is 15.3. The standard InChI is InChI=1S/C53H86O6/c1-4-7-10-13-16-19-22-24-25-26-27-29-31-34-37-40-43-46-52(55)58-49-50(48-57-51(54)45-42-39-36-33-30-21-18-15-12-9-6-3)59-53(56)47-44-41-38-35-32-28-23-20-17-14-11-8-5-2/h7,10,15-16,18-19,21,24-25,27-30,32,34,37,50H,4-6,8-9,11-14,17,20,22-23,26,31,33,35-36,38-49H2,1-3H3/b10-7-,18-15-,19-16-,25-24-,29-27-,30-21-,32-28-,37-34-. The molecule has 6 nitrogen and oxygen atoms in total. The molecule has 0 saturated heterocycles. The summed E-state index contributed by atoms with van der Waals surface area (Å²) in [5.41, 5.74) is 0. The topological polar surface area (TPSA) is 78.9 Å². The van der Waals surface area contributed by atoms with E-state index in [2.05, 4.69) is 118 Å². The van der Waals surface area contributed by atoms with Crippen molar-refractivity contribution in [1.82, 2.24) is 0 Å².